The molecule has 0 aliphatic rings. The summed E-state index contributed by atoms with van der Waals surface area (Å²) in [5.74, 6) is -1.85. The van der Waals surface area contributed by atoms with Gasteiger partial charge in [-0.2, -0.15) is 13.2 Å². The van der Waals surface area contributed by atoms with Gasteiger partial charge in [0, 0.05) is 0 Å². The normalized spacial score (nSPS) is 12.6. The Balaban J connectivity index is 3.10. The first-order valence-electron chi connectivity index (χ1n) is 5.28. The largest absolute Gasteiger partial charge is 0.482 e. The summed E-state index contributed by atoms with van der Waals surface area (Å²) in [7, 11) is 0. The molecule has 8 heteroatoms. The molecule has 1 aromatic rings. The van der Waals surface area contributed by atoms with Gasteiger partial charge in [0.05, 0.1) is 17.5 Å². The Morgan fingerprint density at radius 1 is 1.35 bits per heavy atom. The first-order valence-corrected chi connectivity index (χ1v) is 5.28. The summed E-state index contributed by atoms with van der Waals surface area (Å²) in [4.78, 5) is 31.8. The Bertz CT molecular complexity index is 524. The number of carbonyl (C=O) groups is 3. The number of rotatable bonds is 6. The predicted octanol–water partition coefficient (Wildman–Crippen LogP) is 1.94. The van der Waals surface area contributed by atoms with E-state index in [0.717, 1.165) is 6.07 Å². The summed E-state index contributed by atoms with van der Waals surface area (Å²) in [6, 6.07) is 2.11. The fourth-order valence-electron chi connectivity index (χ4n) is 1.36. The van der Waals surface area contributed by atoms with E-state index in [0.29, 0.717) is 12.1 Å². The van der Waals surface area contributed by atoms with Gasteiger partial charge in [-0.1, -0.05) is 0 Å². The van der Waals surface area contributed by atoms with Crippen LogP contribution in [0.25, 0.3) is 0 Å². The van der Waals surface area contributed by atoms with Crippen LogP contribution in [0.2, 0.25) is 0 Å². The van der Waals surface area contributed by atoms with Gasteiger partial charge in [0.2, 0.25) is 0 Å². The van der Waals surface area contributed by atoms with Gasteiger partial charge in [-0.3, -0.25) is 14.4 Å². The number of halogens is 3. The van der Waals surface area contributed by atoms with Crippen LogP contribution in [0.4, 0.5) is 13.2 Å². The van der Waals surface area contributed by atoms with Crippen LogP contribution < -0.4 is 4.74 Å². The number of carbonyl (C=O) groups excluding carboxylic acids is 2. The van der Waals surface area contributed by atoms with Gasteiger partial charge in [-0.05, 0) is 18.2 Å². The fourth-order valence-corrected chi connectivity index (χ4v) is 1.36. The third-order valence-corrected chi connectivity index (χ3v) is 2.27. The van der Waals surface area contributed by atoms with Gasteiger partial charge < -0.3 is 9.84 Å². The summed E-state index contributed by atoms with van der Waals surface area (Å²) in [5.41, 5.74) is -1.28. The Morgan fingerprint density at radius 3 is 2.45 bits per heavy atom. The van der Waals surface area contributed by atoms with Gasteiger partial charge in [-0.25, -0.2) is 0 Å². The number of aliphatic carboxylic acids is 1. The van der Waals surface area contributed by atoms with Crippen LogP contribution in [0.3, 0.4) is 0 Å². The van der Waals surface area contributed by atoms with E-state index in [2.05, 4.69) is 0 Å². The van der Waals surface area contributed by atoms with Crippen molar-refractivity contribution in [2.24, 2.45) is 0 Å². The Morgan fingerprint density at radius 2 is 2.00 bits per heavy atom. The van der Waals surface area contributed by atoms with Crippen molar-refractivity contribution in [1.82, 2.24) is 0 Å². The quantitative estimate of drug-likeness (QED) is 0.810. The average Bonchev–Trinajstić information content (AvgIpc) is 2.36. The van der Waals surface area contributed by atoms with E-state index < -0.39 is 36.0 Å². The SMILES string of the molecule is O=Cc1ccc(C(F)(F)F)cc1OC(C=O)CC(=O)O. The summed E-state index contributed by atoms with van der Waals surface area (Å²) in [6.07, 6.45) is -6.46. The molecule has 0 saturated carbocycles. The molecule has 0 aliphatic heterocycles. The summed E-state index contributed by atoms with van der Waals surface area (Å²) < 4.78 is 42.4. The Hall–Kier alpha value is -2.38. The van der Waals surface area contributed by atoms with Crippen LogP contribution in [0.5, 0.6) is 5.75 Å². The van der Waals surface area contributed by atoms with Crippen LogP contribution in [-0.2, 0) is 15.8 Å². The van der Waals surface area contributed by atoms with Crippen LogP contribution in [0.1, 0.15) is 22.3 Å². The molecule has 1 aromatic carbocycles. The van der Waals surface area contributed by atoms with Crippen molar-refractivity contribution in [3.8, 4) is 5.75 Å². The fraction of sp³-hybridized carbons (Fsp3) is 0.250. The number of alkyl halides is 3. The van der Waals surface area contributed by atoms with E-state index in [-0.39, 0.29) is 18.1 Å². The summed E-state index contributed by atoms with van der Waals surface area (Å²) in [6.45, 7) is 0. The number of carboxylic acids is 1. The molecule has 5 nitrogen and oxygen atoms in total. The minimum Gasteiger partial charge on any atom is -0.482 e. The number of aldehydes is 2. The summed E-state index contributed by atoms with van der Waals surface area (Å²) >= 11 is 0. The third kappa shape index (κ3) is 4.08. The van der Waals surface area contributed by atoms with Crippen LogP contribution in [0.15, 0.2) is 18.2 Å². The smallest absolute Gasteiger partial charge is 0.416 e. The topological polar surface area (TPSA) is 80.7 Å². The second-order valence-corrected chi connectivity index (χ2v) is 3.76. The molecule has 1 rings (SSSR count). The van der Waals surface area contributed by atoms with Crippen molar-refractivity contribution < 1.29 is 37.4 Å². The molecular formula is C12H9F3O5. The molecule has 0 amide bonds. The van der Waals surface area contributed by atoms with E-state index in [9.17, 15) is 27.6 Å². The van der Waals surface area contributed by atoms with Crippen molar-refractivity contribution in [2.75, 3.05) is 0 Å². The van der Waals surface area contributed by atoms with Crippen molar-refractivity contribution >= 4 is 18.5 Å². The van der Waals surface area contributed by atoms with Crippen molar-refractivity contribution in [1.29, 1.82) is 0 Å². The van der Waals surface area contributed by atoms with Crippen LogP contribution in [-0.4, -0.2) is 29.8 Å². The number of carboxylic acid groups (broad SMARTS) is 1. The van der Waals surface area contributed by atoms with E-state index in [1.54, 1.807) is 0 Å². The second kappa shape index (κ2) is 6.18. The molecule has 0 radical (unpaired) electrons. The first-order chi connectivity index (χ1) is 9.27. The maximum Gasteiger partial charge on any atom is 0.416 e. The lowest BCUT2D eigenvalue weighted by Gasteiger charge is -2.15. The highest BCUT2D eigenvalue weighted by Gasteiger charge is 2.31. The molecule has 0 bridgehead atoms. The highest BCUT2D eigenvalue weighted by molar-refractivity contribution is 5.80. The second-order valence-electron chi connectivity index (χ2n) is 3.76. The van der Waals surface area contributed by atoms with E-state index >= 15 is 0 Å². The maximum absolute atomic E-state index is 12.5. The van der Waals surface area contributed by atoms with Crippen LogP contribution >= 0.6 is 0 Å². The Kier molecular flexibility index (Phi) is 4.84. The van der Waals surface area contributed by atoms with Gasteiger partial charge in [0.1, 0.15) is 5.75 Å². The standard InChI is InChI=1S/C12H9F3O5/c13-12(14,15)8-2-1-7(5-16)10(3-8)20-9(6-17)4-11(18)19/h1-3,5-6,9H,4H2,(H,18,19). The molecule has 0 heterocycles. The number of ether oxygens (including phenoxy) is 1. The molecule has 0 spiro atoms. The highest BCUT2D eigenvalue weighted by atomic mass is 19.4. The number of benzene rings is 1. The Labute approximate surface area is 111 Å². The van der Waals surface area contributed by atoms with E-state index in [1.807, 2.05) is 0 Å². The molecule has 1 atom stereocenters. The van der Waals surface area contributed by atoms with Crippen LogP contribution in [0, 0.1) is 0 Å². The maximum atomic E-state index is 12.5. The minimum absolute atomic E-state index is 0.142. The molecule has 1 N–H and O–H groups in total. The molecule has 0 saturated heterocycles. The zero-order valence-corrected chi connectivity index (χ0v) is 9.89. The lowest BCUT2D eigenvalue weighted by molar-refractivity contribution is -0.141. The molecule has 0 aromatic heterocycles. The average molecular weight is 290 g/mol. The molecule has 1 unspecified atom stereocenters. The van der Waals surface area contributed by atoms with Gasteiger partial charge in [0.15, 0.2) is 18.7 Å². The zero-order chi connectivity index (χ0) is 15.3. The lowest BCUT2D eigenvalue weighted by atomic mass is 10.1. The molecule has 20 heavy (non-hydrogen) atoms. The molecule has 0 aliphatic carbocycles. The van der Waals surface area contributed by atoms with Crippen molar-refractivity contribution in [2.45, 2.75) is 18.7 Å². The van der Waals surface area contributed by atoms with Gasteiger partial charge in [-0.15, -0.1) is 0 Å². The molecular weight excluding hydrogens is 281 g/mol. The number of hydrogen-bond donors (Lipinski definition) is 1. The van der Waals surface area contributed by atoms with Crippen molar-refractivity contribution in [3.63, 3.8) is 0 Å². The van der Waals surface area contributed by atoms with Crippen molar-refractivity contribution in [3.05, 3.63) is 29.3 Å². The summed E-state index contributed by atoms with van der Waals surface area (Å²) in [5, 5.41) is 8.51. The number of hydrogen-bond acceptors (Lipinski definition) is 4. The van der Waals surface area contributed by atoms with Gasteiger partial charge >= 0.3 is 12.1 Å². The van der Waals surface area contributed by atoms with E-state index in [1.165, 1.54) is 0 Å². The predicted molar refractivity (Wildman–Crippen MR) is 59.6 cm³/mol. The van der Waals surface area contributed by atoms with E-state index in [4.69, 9.17) is 9.84 Å². The monoisotopic (exact) mass is 290 g/mol. The molecule has 0 fully saturated rings. The van der Waals surface area contributed by atoms with Gasteiger partial charge in [0.25, 0.3) is 0 Å². The third-order valence-electron chi connectivity index (χ3n) is 2.27. The first kappa shape index (κ1) is 15.7. The lowest BCUT2D eigenvalue weighted by Crippen LogP contribution is -2.23. The molecule has 108 valence electrons. The zero-order valence-electron chi connectivity index (χ0n) is 9.89. The highest BCUT2D eigenvalue weighted by Crippen LogP contribution is 2.33. The minimum atomic E-state index is -4.65.